The molecule has 10 rings (SSSR count). The smallest absolute Gasteiger partial charge is 0.337 e. The van der Waals surface area contributed by atoms with Crippen molar-refractivity contribution < 1.29 is 39.0 Å². The standard InChI is InChI=1S/C26H19Cl2N5O4.C20H16Cl2N4O2.C6H4INO2/c1-31-25(37)33(20-9-18(27)8-19(28)10-20)24(36)26(31)14-32(22-7-6-17(12-30-22)23(34)35)13-21(26)16-4-2-15(11-29)3-5-16;1-25-19(28)26(16-7-14(21)6-15(22)8-16)18(27)20(25)11-24-10-17(20)13-4-2-12(9-23)3-5-13;7-5-2-1-4(3-8-5)6(9)10/h2-10,12,21H,13-14H2,1H3,(H,34,35);2-8,17,24H,10-11H2,1H3;1-3H,(H,9,10)/t21-,26+;17-,20+;/m00./s1. The third kappa shape index (κ3) is 10.3. The van der Waals surface area contributed by atoms with E-state index in [1.165, 1.54) is 52.5 Å². The Labute approximate surface area is 462 Å². The fourth-order valence-corrected chi connectivity index (χ4v) is 11.0. The predicted octanol–water partition coefficient (Wildman–Crippen LogP) is 9.17. The number of imide groups is 2. The van der Waals surface area contributed by atoms with Gasteiger partial charge >= 0.3 is 24.0 Å². The first-order valence-electron chi connectivity index (χ1n) is 22.4. The number of nitrogens with zero attached hydrogens (tertiary/aromatic N) is 9. The van der Waals surface area contributed by atoms with Crippen molar-refractivity contribution >= 4 is 122 Å². The number of carbonyl (C=O) groups excluding carboxylic acids is 4. The second kappa shape index (κ2) is 21.8. The maximum absolute atomic E-state index is 14.2. The lowest BCUT2D eigenvalue weighted by atomic mass is 9.80. The lowest BCUT2D eigenvalue weighted by molar-refractivity contribution is -0.125. The summed E-state index contributed by atoms with van der Waals surface area (Å²) in [4.78, 5) is 91.0. The molecule has 0 radical (unpaired) electrons. The minimum Gasteiger partial charge on any atom is -0.478 e. The van der Waals surface area contributed by atoms with E-state index in [-0.39, 0.29) is 45.2 Å². The molecule has 6 aromatic rings. The number of nitriles is 2. The number of likely N-dealkylation sites (N-methyl/N-ethyl adjacent to an activating group) is 2. The summed E-state index contributed by atoms with van der Waals surface area (Å²) in [6.45, 7) is 1.31. The SMILES string of the molecule is CN1C(=O)N(c2cc(Cl)cc(Cl)c2)C(=O)[C@]12CN(c1ccc(C(=O)O)cn1)C[C@H]2c1ccc(C#N)cc1.CN1C(=O)N(c2cc(Cl)cc(Cl)c2)C(=O)[C@]12CNC[C@H]2c1ccc(C#N)cc1.O=C(O)c1ccc(I)nc1. The molecule has 3 N–H and O–H groups in total. The van der Waals surface area contributed by atoms with Crippen LogP contribution in [-0.4, -0.2) is 117 Å². The number of benzene rings is 4. The minimum absolute atomic E-state index is 0.0366. The zero-order chi connectivity index (χ0) is 54.1. The van der Waals surface area contributed by atoms with Crippen molar-refractivity contribution in [3.8, 4) is 12.1 Å². The Hall–Kier alpha value is -7.37. The molecule has 0 unspecified atom stereocenters. The number of carbonyl (C=O) groups is 6. The molecule has 6 heterocycles. The number of nitrogens with one attached hydrogen (secondary N) is 1. The lowest BCUT2D eigenvalue weighted by Crippen LogP contribution is -2.53. The second-order valence-electron chi connectivity index (χ2n) is 17.5. The van der Waals surface area contributed by atoms with Gasteiger partial charge in [0.15, 0.2) is 0 Å². The van der Waals surface area contributed by atoms with Gasteiger partial charge in [-0.25, -0.2) is 38.9 Å². The van der Waals surface area contributed by atoms with Crippen molar-refractivity contribution in [3.63, 3.8) is 0 Å². The Balaban J connectivity index is 0.000000172. The van der Waals surface area contributed by atoms with E-state index in [1.807, 2.05) is 39.6 Å². The molecule has 4 atom stereocenters. The van der Waals surface area contributed by atoms with Gasteiger partial charge in [0.05, 0.1) is 52.3 Å². The van der Waals surface area contributed by atoms with Crippen LogP contribution in [0.5, 0.6) is 0 Å². The van der Waals surface area contributed by atoms with Crippen molar-refractivity contribution in [3.05, 3.63) is 179 Å². The molecule has 75 heavy (non-hydrogen) atoms. The Kier molecular flexibility index (Phi) is 15.7. The Bertz CT molecular complexity index is 3320. The normalized spacial score (nSPS) is 20.7. The quantitative estimate of drug-likeness (QED) is 0.0767. The molecule has 0 aliphatic carbocycles. The third-order valence-corrected chi connectivity index (χ3v) is 14.9. The van der Waals surface area contributed by atoms with Crippen molar-refractivity contribution in [2.75, 3.05) is 55.0 Å². The number of carboxylic acid groups (broad SMARTS) is 2. The first kappa shape index (κ1) is 53.9. The highest BCUT2D eigenvalue weighted by Gasteiger charge is 2.65. The fraction of sp³-hybridized carbons (Fsp3) is 0.192. The molecule has 4 saturated heterocycles. The number of rotatable bonds is 7. The topological polar surface area (TPSA) is 244 Å². The van der Waals surface area contributed by atoms with Gasteiger partial charge < -0.3 is 30.2 Å². The number of amides is 6. The molecule has 23 heteroatoms. The molecule has 4 fully saturated rings. The van der Waals surface area contributed by atoms with Crippen LogP contribution >= 0.6 is 69.0 Å². The van der Waals surface area contributed by atoms with Crippen molar-refractivity contribution in [1.82, 2.24) is 25.1 Å². The van der Waals surface area contributed by atoms with E-state index in [1.54, 1.807) is 80.8 Å². The molecule has 4 aromatic carbocycles. The highest BCUT2D eigenvalue weighted by molar-refractivity contribution is 14.1. The fourth-order valence-electron chi connectivity index (χ4n) is 9.68. The van der Waals surface area contributed by atoms with Crippen LogP contribution in [0.4, 0.5) is 26.8 Å². The van der Waals surface area contributed by atoms with Crippen LogP contribution in [0.1, 0.15) is 54.8 Å². The summed E-state index contributed by atoms with van der Waals surface area (Å²) in [6, 6.07) is 32.6. The Morgan fingerprint density at radius 1 is 0.640 bits per heavy atom. The first-order chi connectivity index (χ1) is 35.7. The number of hydrogen-bond acceptors (Lipinski definition) is 12. The van der Waals surface area contributed by atoms with Crippen molar-refractivity contribution in [1.29, 1.82) is 10.5 Å². The number of hydrogen-bond donors (Lipinski definition) is 3. The maximum atomic E-state index is 14.2. The average Bonchev–Trinajstić information content (AvgIpc) is 4.18. The number of aromatic nitrogens is 2. The van der Waals surface area contributed by atoms with Crippen LogP contribution in [0, 0.1) is 26.4 Å². The minimum atomic E-state index is -1.31. The molecule has 4 aliphatic heterocycles. The Morgan fingerprint density at radius 3 is 1.51 bits per heavy atom. The highest BCUT2D eigenvalue weighted by Crippen LogP contribution is 2.48. The number of carboxylic acids is 2. The monoisotopic (exact) mass is 1200 g/mol. The molecule has 2 spiro atoms. The summed E-state index contributed by atoms with van der Waals surface area (Å²) in [7, 11) is 3.21. The van der Waals surface area contributed by atoms with Crippen LogP contribution in [0.3, 0.4) is 0 Å². The van der Waals surface area contributed by atoms with Gasteiger partial charge in [0.25, 0.3) is 11.8 Å². The number of anilines is 3. The number of aromatic carboxylic acids is 2. The predicted molar refractivity (Wildman–Crippen MR) is 288 cm³/mol. The third-order valence-electron chi connectivity index (χ3n) is 13.4. The average molecular weight is 1200 g/mol. The van der Waals surface area contributed by atoms with Crippen molar-refractivity contribution in [2.24, 2.45) is 0 Å². The van der Waals surface area contributed by atoms with Gasteiger partial charge in [0.2, 0.25) is 0 Å². The maximum Gasteiger partial charge on any atom is 0.337 e. The molecular weight excluding hydrogens is 1160 g/mol. The van der Waals surface area contributed by atoms with Gasteiger partial charge in [0, 0.05) is 78.0 Å². The number of halogens is 5. The Morgan fingerprint density at radius 2 is 1.08 bits per heavy atom. The van der Waals surface area contributed by atoms with E-state index < -0.39 is 46.9 Å². The van der Waals surface area contributed by atoms with Gasteiger partial charge in [-0.3, -0.25) is 9.59 Å². The summed E-state index contributed by atoms with van der Waals surface area (Å²) in [5, 5.41) is 40.4. The molecule has 6 amide bonds. The van der Waals surface area contributed by atoms with Gasteiger partial charge in [-0.1, -0.05) is 70.7 Å². The van der Waals surface area contributed by atoms with E-state index in [2.05, 4.69) is 27.4 Å². The van der Waals surface area contributed by atoms with Gasteiger partial charge in [0.1, 0.15) is 20.6 Å². The van der Waals surface area contributed by atoms with Crippen LogP contribution in [-0.2, 0) is 9.59 Å². The van der Waals surface area contributed by atoms with E-state index in [0.717, 1.165) is 24.6 Å². The van der Waals surface area contributed by atoms with Gasteiger partial charge in [-0.15, -0.1) is 0 Å². The second-order valence-corrected chi connectivity index (χ2v) is 20.4. The van der Waals surface area contributed by atoms with Gasteiger partial charge in [-0.05, 0) is 119 Å². The van der Waals surface area contributed by atoms with E-state index in [0.29, 0.717) is 52.3 Å². The van der Waals surface area contributed by atoms with Gasteiger partial charge in [-0.2, -0.15) is 10.5 Å². The molecular formula is C52H39Cl4IN10O8. The lowest BCUT2D eigenvalue weighted by Gasteiger charge is -2.33. The molecule has 0 saturated carbocycles. The summed E-state index contributed by atoms with van der Waals surface area (Å²) >= 11 is 26.5. The highest BCUT2D eigenvalue weighted by atomic mass is 127. The number of urea groups is 2. The van der Waals surface area contributed by atoms with Crippen LogP contribution < -0.4 is 20.0 Å². The van der Waals surface area contributed by atoms with E-state index >= 15 is 0 Å². The molecule has 380 valence electrons. The number of pyridine rings is 2. The van der Waals surface area contributed by atoms with Crippen LogP contribution in [0.2, 0.25) is 20.1 Å². The van der Waals surface area contributed by atoms with Crippen molar-refractivity contribution in [2.45, 2.75) is 22.9 Å². The summed E-state index contributed by atoms with van der Waals surface area (Å²) in [5.74, 6) is -3.07. The molecule has 4 aliphatic rings. The van der Waals surface area contributed by atoms with Crippen LogP contribution in [0.25, 0.3) is 0 Å². The zero-order valence-corrected chi connectivity index (χ0v) is 44.5. The molecule has 18 nitrogen and oxygen atoms in total. The summed E-state index contributed by atoms with van der Waals surface area (Å²) in [5.41, 5.74) is 1.17. The van der Waals surface area contributed by atoms with Crippen LogP contribution in [0.15, 0.2) is 122 Å². The summed E-state index contributed by atoms with van der Waals surface area (Å²) < 4.78 is 0.794. The first-order valence-corrected chi connectivity index (χ1v) is 25.0. The molecule has 0 bridgehead atoms. The summed E-state index contributed by atoms with van der Waals surface area (Å²) in [6.07, 6.45) is 2.59. The zero-order valence-electron chi connectivity index (χ0n) is 39.3. The van der Waals surface area contributed by atoms with E-state index in [4.69, 9.17) is 56.8 Å². The molecule has 2 aromatic heterocycles. The van der Waals surface area contributed by atoms with E-state index in [9.17, 15) is 39.1 Å². The largest absolute Gasteiger partial charge is 0.478 e.